The molecule has 2 aliphatic rings. The van der Waals surface area contributed by atoms with Crippen molar-refractivity contribution >= 4 is 46.4 Å². The van der Waals surface area contributed by atoms with Crippen molar-refractivity contribution in [1.82, 2.24) is 9.80 Å². The number of hydrogen-bond acceptors (Lipinski definition) is 2. The molecule has 0 saturated heterocycles. The zero-order valence-electron chi connectivity index (χ0n) is 21.2. The topological polar surface area (TPSA) is 40.6 Å². The Morgan fingerprint density at radius 3 is 1.25 bits per heavy atom. The van der Waals surface area contributed by atoms with Gasteiger partial charge in [0.2, 0.25) is 0 Å². The van der Waals surface area contributed by atoms with Crippen LogP contribution in [0.1, 0.15) is 76.3 Å². The van der Waals surface area contributed by atoms with Crippen LogP contribution in [-0.2, 0) is 9.59 Å². The summed E-state index contributed by atoms with van der Waals surface area (Å²) in [5.74, 6) is -0.193. The molecular formula is C30H34Cl2N2O2. The van der Waals surface area contributed by atoms with Crippen molar-refractivity contribution in [2.75, 3.05) is 13.1 Å². The van der Waals surface area contributed by atoms with Crippen LogP contribution in [-0.4, -0.2) is 34.7 Å². The molecular weight excluding hydrogens is 491 g/mol. The number of benzene rings is 2. The first-order valence-electron chi connectivity index (χ1n) is 13.1. The smallest absolute Gasteiger partial charge is 0.261 e. The average molecular weight is 526 g/mol. The van der Waals surface area contributed by atoms with Gasteiger partial charge < -0.3 is 9.80 Å². The van der Waals surface area contributed by atoms with Crippen LogP contribution in [0.2, 0.25) is 10.0 Å². The minimum Gasteiger partial charge on any atom is -0.307 e. The van der Waals surface area contributed by atoms with E-state index in [2.05, 4.69) is 13.8 Å². The lowest BCUT2D eigenvalue weighted by Crippen LogP contribution is -2.31. The van der Waals surface area contributed by atoms with E-state index < -0.39 is 0 Å². The van der Waals surface area contributed by atoms with Gasteiger partial charge in [-0.15, -0.1) is 0 Å². The number of unbranched alkanes of at least 4 members (excludes halogenated alkanes) is 6. The minimum absolute atomic E-state index is 0.0965. The quantitative estimate of drug-likeness (QED) is 0.264. The fourth-order valence-corrected chi connectivity index (χ4v) is 5.28. The summed E-state index contributed by atoms with van der Waals surface area (Å²) in [6, 6.07) is 14.9. The van der Waals surface area contributed by atoms with Gasteiger partial charge in [-0.25, -0.2) is 0 Å². The van der Waals surface area contributed by atoms with Crippen LogP contribution in [0, 0.1) is 0 Å². The zero-order chi connectivity index (χ0) is 25.7. The third kappa shape index (κ3) is 5.40. The second-order valence-electron chi connectivity index (χ2n) is 9.50. The summed E-state index contributed by atoms with van der Waals surface area (Å²) in [4.78, 5) is 31.7. The molecule has 36 heavy (non-hydrogen) atoms. The van der Waals surface area contributed by atoms with Gasteiger partial charge >= 0.3 is 0 Å². The normalized spacial score (nSPS) is 15.6. The van der Waals surface area contributed by atoms with E-state index in [0.717, 1.165) is 62.5 Å². The summed E-state index contributed by atoms with van der Waals surface area (Å²) in [5.41, 5.74) is 4.11. The molecule has 4 nitrogen and oxygen atoms in total. The van der Waals surface area contributed by atoms with Gasteiger partial charge in [-0.2, -0.15) is 0 Å². The van der Waals surface area contributed by atoms with Crippen molar-refractivity contribution in [3.8, 4) is 0 Å². The maximum atomic E-state index is 14.0. The van der Waals surface area contributed by atoms with Gasteiger partial charge in [0.15, 0.2) is 0 Å². The highest BCUT2D eigenvalue weighted by molar-refractivity contribution is 6.32. The molecule has 0 atom stereocenters. The first-order valence-corrected chi connectivity index (χ1v) is 13.9. The van der Waals surface area contributed by atoms with Crippen molar-refractivity contribution in [3.05, 3.63) is 80.8 Å². The van der Waals surface area contributed by atoms with E-state index in [-0.39, 0.29) is 11.8 Å². The summed E-state index contributed by atoms with van der Waals surface area (Å²) in [7, 11) is 0. The van der Waals surface area contributed by atoms with Gasteiger partial charge in [0.25, 0.3) is 11.8 Å². The van der Waals surface area contributed by atoms with Crippen molar-refractivity contribution in [2.45, 2.75) is 65.2 Å². The summed E-state index contributed by atoms with van der Waals surface area (Å²) in [6.45, 7) is 5.51. The summed E-state index contributed by atoms with van der Waals surface area (Å²) in [5, 5.41) is 1.24. The van der Waals surface area contributed by atoms with E-state index in [4.69, 9.17) is 23.2 Å². The second kappa shape index (κ2) is 12.1. The molecule has 4 rings (SSSR count). The number of fused-ring (bicyclic) bond motifs is 1. The van der Waals surface area contributed by atoms with Gasteiger partial charge in [-0.1, -0.05) is 99.8 Å². The molecule has 0 unspecified atom stereocenters. The molecule has 190 valence electrons. The number of hydrogen-bond donors (Lipinski definition) is 0. The standard InChI is InChI=1S/C30H34Cl2N2O2/c1-3-5-7-9-19-33-27(21-11-15-23(31)16-12-21)25-26(29(33)35)28(22-13-17-24(32)18-14-22)34(30(25)36)20-10-8-6-4-2/h11-18H,3-10,19-20H2,1-2H3. The molecule has 0 radical (unpaired) electrons. The van der Waals surface area contributed by atoms with Crippen LogP contribution in [0.3, 0.4) is 0 Å². The van der Waals surface area contributed by atoms with Crippen LogP contribution in [0.25, 0.3) is 11.4 Å². The SMILES string of the molecule is CCCCCCN1C(=O)C2=C(c3ccc(Cl)cc3)N(CCCCCC)C(=O)C2=C1c1ccc(Cl)cc1. The maximum Gasteiger partial charge on any atom is 0.261 e. The Kier molecular flexibility index (Phi) is 8.92. The first-order chi connectivity index (χ1) is 17.5. The molecule has 0 N–H and O–H groups in total. The third-order valence-electron chi connectivity index (χ3n) is 6.89. The van der Waals surface area contributed by atoms with E-state index in [1.54, 1.807) is 0 Å². The van der Waals surface area contributed by atoms with E-state index in [9.17, 15) is 9.59 Å². The Balaban J connectivity index is 1.83. The van der Waals surface area contributed by atoms with Gasteiger partial charge in [-0.3, -0.25) is 9.59 Å². The van der Waals surface area contributed by atoms with E-state index in [1.807, 2.05) is 58.3 Å². The maximum absolute atomic E-state index is 14.0. The molecule has 0 saturated carbocycles. The molecule has 2 amide bonds. The van der Waals surface area contributed by atoms with Gasteiger partial charge in [0, 0.05) is 23.1 Å². The minimum atomic E-state index is -0.0965. The number of nitrogens with zero attached hydrogens (tertiary/aromatic N) is 2. The number of rotatable bonds is 12. The molecule has 0 aromatic heterocycles. The van der Waals surface area contributed by atoms with Crippen molar-refractivity contribution in [2.24, 2.45) is 0 Å². The van der Waals surface area contributed by atoms with Crippen molar-refractivity contribution < 1.29 is 9.59 Å². The van der Waals surface area contributed by atoms with E-state index in [1.165, 1.54) is 0 Å². The fourth-order valence-electron chi connectivity index (χ4n) is 5.03. The predicted molar refractivity (Wildman–Crippen MR) is 148 cm³/mol. The van der Waals surface area contributed by atoms with Crippen LogP contribution < -0.4 is 0 Å². The van der Waals surface area contributed by atoms with Crippen LogP contribution in [0.5, 0.6) is 0 Å². The zero-order valence-corrected chi connectivity index (χ0v) is 22.7. The summed E-state index contributed by atoms with van der Waals surface area (Å²) >= 11 is 12.3. The lowest BCUT2D eigenvalue weighted by atomic mass is 10.0. The lowest BCUT2D eigenvalue weighted by Gasteiger charge is -2.25. The first kappa shape index (κ1) is 26.5. The van der Waals surface area contributed by atoms with Crippen molar-refractivity contribution in [3.63, 3.8) is 0 Å². The lowest BCUT2D eigenvalue weighted by molar-refractivity contribution is -0.124. The largest absolute Gasteiger partial charge is 0.307 e. The van der Waals surface area contributed by atoms with Crippen LogP contribution in [0.4, 0.5) is 0 Å². The summed E-state index contributed by atoms with van der Waals surface area (Å²) in [6.07, 6.45) is 8.36. The monoisotopic (exact) mass is 524 g/mol. The predicted octanol–water partition coefficient (Wildman–Crippen LogP) is 7.96. The Labute approximate surface area is 224 Å². The second-order valence-corrected chi connectivity index (χ2v) is 10.4. The molecule has 2 aromatic carbocycles. The van der Waals surface area contributed by atoms with Gasteiger partial charge in [-0.05, 0) is 48.2 Å². The number of amides is 2. The highest BCUT2D eigenvalue weighted by Gasteiger charge is 2.48. The molecule has 0 bridgehead atoms. The van der Waals surface area contributed by atoms with E-state index in [0.29, 0.717) is 45.7 Å². The molecule has 2 heterocycles. The molecule has 2 aromatic rings. The number of carbonyl (C=O) groups excluding carboxylic acids is 2. The Hall–Kier alpha value is -2.56. The van der Waals surface area contributed by atoms with Crippen LogP contribution in [0.15, 0.2) is 59.7 Å². The van der Waals surface area contributed by atoms with Crippen LogP contribution >= 0.6 is 23.2 Å². The fraction of sp³-hybridized carbons (Fsp3) is 0.400. The molecule has 0 spiro atoms. The number of carbonyl (C=O) groups is 2. The molecule has 0 fully saturated rings. The Morgan fingerprint density at radius 2 is 0.917 bits per heavy atom. The molecule has 6 heteroatoms. The Morgan fingerprint density at radius 1 is 0.556 bits per heavy atom. The highest BCUT2D eigenvalue weighted by atomic mass is 35.5. The Bertz CT molecular complexity index is 1070. The number of halogens is 2. The highest BCUT2D eigenvalue weighted by Crippen LogP contribution is 2.47. The van der Waals surface area contributed by atoms with Crippen molar-refractivity contribution in [1.29, 1.82) is 0 Å². The third-order valence-corrected chi connectivity index (χ3v) is 7.39. The molecule has 2 aliphatic heterocycles. The van der Waals surface area contributed by atoms with Gasteiger partial charge in [0.1, 0.15) is 0 Å². The van der Waals surface area contributed by atoms with E-state index >= 15 is 0 Å². The molecule has 0 aliphatic carbocycles. The van der Waals surface area contributed by atoms with Gasteiger partial charge in [0.05, 0.1) is 22.5 Å². The summed E-state index contributed by atoms with van der Waals surface area (Å²) < 4.78 is 0. The average Bonchev–Trinajstić information content (AvgIpc) is 3.32.